The van der Waals surface area contributed by atoms with Crippen LogP contribution in [0.4, 0.5) is 0 Å². The number of fused-ring (bicyclic) bond motifs is 4. The average molecular weight is 352 g/mol. The van der Waals surface area contributed by atoms with Crippen molar-refractivity contribution in [1.82, 2.24) is 0 Å². The predicted octanol–water partition coefficient (Wildman–Crippen LogP) is 3.98. The number of phenols is 3. The van der Waals surface area contributed by atoms with Gasteiger partial charge in [-0.2, -0.15) is 0 Å². The lowest BCUT2D eigenvalue weighted by Gasteiger charge is -2.26. The zero-order valence-corrected chi connectivity index (χ0v) is 14.1. The van der Waals surface area contributed by atoms with E-state index in [0.29, 0.717) is 11.3 Å². The maximum absolute atomic E-state index is 13.1. The second-order valence-corrected chi connectivity index (χ2v) is 6.47. The minimum absolute atomic E-state index is 0.0143. The summed E-state index contributed by atoms with van der Waals surface area (Å²) < 4.78 is 11.8. The van der Waals surface area contributed by atoms with Crippen molar-refractivity contribution in [2.45, 2.75) is 20.0 Å². The Kier molecular flexibility index (Phi) is 3.44. The van der Waals surface area contributed by atoms with Crippen LogP contribution in [0, 0.1) is 0 Å². The van der Waals surface area contributed by atoms with E-state index in [1.54, 1.807) is 12.1 Å². The third kappa shape index (κ3) is 2.38. The third-order valence-electron chi connectivity index (χ3n) is 4.23. The molecule has 6 heteroatoms. The summed E-state index contributed by atoms with van der Waals surface area (Å²) in [6.45, 7) is 3.75. The third-order valence-corrected chi connectivity index (χ3v) is 4.23. The van der Waals surface area contributed by atoms with Crippen molar-refractivity contribution in [3.63, 3.8) is 0 Å². The van der Waals surface area contributed by atoms with Crippen LogP contribution in [0.15, 0.2) is 51.2 Å². The van der Waals surface area contributed by atoms with E-state index in [-0.39, 0.29) is 39.5 Å². The van der Waals surface area contributed by atoms with E-state index >= 15 is 0 Å². The molecule has 0 fully saturated rings. The van der Waals surface area contributed by atoms with Crippen molar-refractivity contribution in [2.24, 2.45) is 0 Å². The summed E-state index contributed by atoms with van der Waals surface area (Å²) in [7, 11) is 0. The molecule has 132 valence electrons. The molecule has 0 saturated heterocycles. The summed E-state index contributed by atoms with van der Waals surface area (Å²) in [4.78, 5) is 13.1. The molecule has 4 rings (SSSR count). The molecule has 1 aliphatic rings. The molecule has 3 N–H and O–H groups in total. The summed E-state index contributed by atoms with van der Waals surface area (Å²) in [6, 6.07) is 6.89. The van der Waals surface area contributed by atoms with E-state index in [0.717, 1.165) is 11.6 Å². The van der Waals surface area contributed by atoms with Crippen molar-refractivity contribution in [1.29, 1.82) is 0 Å². The molecule has 0 bridgehead atoms. The predicted molar refractivity (Wildman–Crippen MR) is 95.7 cm³/mol. The molecule has 0 spiro atoms. The van der Waals surface area contributed by atoms with Gasteiger partial charge in [-0.25, -0.2) is 0 Å². The number of hydrogen-bond donors (Lipinski definition) is 3. The lowest BCUT2D eigenvalue weighted by molar-refractivity contribution is 0.243. The first-order valence-corrected chi connectivity index (χ1v) is 8.03. The van der Waals surface area contributed by atoms with Gasteiger partial charge >= 0.3 is 0 Å². The first kappa shape index (κ1) is 16.1. The van der Waals surface area contributed by atoms with Gasteiger partial charge in [0.1, 0.15) is 45.8 Å². The molecule has 0 amide bonds. The molecule has 2 heterocycles. The van der Waals surface area contributed by atoms with Gasteiger partial charge in [0.15, 0.2) is 0 Å². The van der Waals surface area contributed by atoms with Crippen molar-refractivity contribution in [3.05, 3.63) is 57.8 Å². The highest BCUT2D eigenvalue weighted by molar-refractivity contribution is 5.88. The number of allylic oxidation sites excluding steroid dienone is 1. The summed E-state index contributed by atoms with van der Waals surface area (Å²) in [5.41, 5.74) is 1.35. The van der Waals surface area contributed by atoms with Gasteiger partial charge in [-0.1, -0.05) is 5.57 Å². The van der Waals surface area contributed by atoms with Gasteiger partial charge in [0, 0.05) is 18.2 Å². The normalized spacial score (nSPS) is 15.1. The number of rotatable bonds is 1. The van der Waals surface area contributed by atoms with Crippen LogP contribution >= 0.6 is 0 Å². The van der Waals surface area contributed by atoms with Crippen LogP contribution in [0.1, 0.15) is 25.5 Å². The van der Waals surface area contributed by atoms with Gasteiger partial charge in [-0.3, -0.25) is 4.79 Å². The molecule has 26 heavy (non-hydrogen) atoms. The topological polar surface area (TPSA) is 100 Å². The molecule has 2 aromatic carbocycles. The quantitative estimate of drug-likeness (QED) is 0.573. The first-order chi connectivity index (χ1) is 12.3. The Hall–Kier alpha value is -3.41. The van der Waals surface area contributed by atoms with Crippen molar-refractivity contribution in [2.75, 3.05) is 0 Å². The molecule has 1 aliphatic heterocycles. The Morgan fingerprint density at radius 1 is 1.08 bits per heavy atom. The zero-order chi connectivity index (χ0) is 18.6. The summed E-state index contributed by atoms with van der Waals surface area (Å²) in [6.07, 6.45) is 1.05. The molecule has 0 aliphatic carbocycles. The van der Waals surface area contributed by atoms with Crippen LogP contribution in [0.2, 0.25) is 0 Å². The first-order valence-electron chi connectivity index (χ1n) is 8.03. The number of aromatic hydroxyl groups is 3. The van der Waals surface area contributed by atoms with Crippen LogP contribution in [-0.2, 0) is 0 Å². The van der Waals surface area contributed by atoms with E-state index < -0.39 is 11.5 Å². The molecule has 3 aromatic rings. The molecule has 1 atom stereocenters. The van der Waals surface area contributed by atoms with Crippen LogP contribution in [0.25, 0.3) is 22.3 Å². The van der Waals surface area contributed by atoms with Crippen LogP contribution in [0.3, 0.4) is 0 Å². The van der Waals surface area contributed by atoms with Crippen molar-refractivity contribution < 1.29 is 24.5 Å². The van der Waals surface area contributed by atoms with E-state index in [1.165, 1.54) is 18.2 Å². The fourth-order valence-corrected chi connectivity index (χ4v) is 3.17. The van der Waals surface area contributed by atoms with Crippen LogP contribution < -0.4 is 10.2 Å². The Morgan fingerprint density at radius 2 is 1.85 bits per heavy atom. The molecule has 1 aromatic heterocycles. The highest BCUT2D eigenvalue weighted by Crippen LogP contribution is 2.45. The van der Waals surface area contributed by atoms with E-state index in [1.807, 2.05) is 13.8 Å². The van der Waals surface area contributed by atoms with Crippen molar-refractivity contribution >= 4 is 11.0 Å². The number of benzene rings is 2. The van der Waals surface area contributed by atoms with E-state index in [2.05, 4.69) is 0 Å². The lowest BCUT2D eigenvalue weighted by Crippen LogP contribution is -2.22. The standard InChI is InChI=1S/C20H16O6/c1-9(2)5-15-18-19(24)17-13(23)6-11(22)8-16(17)26-20(18)12-4-3-10(21)7-14(12)25-15/h3-8,15,21-23H,1-2H3. The number of hydrogen-bond acceptors (Lipinski definition) is 6. The molecule has 1 unspecified atom stereocenters. The monoisotopic (exact) mass is 352 g/mol. The van der Waals surface area contributed by atoms with E-state index in [9.17, 15) is 20.1 Å². The Balaban J connectivity index is 2.14. The number of ether oxygens (including phenoxy) is 1. The highest BCUT2D eigenvalue weighted by atomic mass is 16.5. The summed E-state index contributed by atoms with van der Waals surface area (Å²) in [5.74, 6) is 0.130. The smallest absolute Gasteiger partial charge is 0.204 e. The fraction of sp³-hybridized carbons (Fsp3) is 0.150. The summed E-state index contributed by atoms with van der Waals surface area (Å²) >= 11 is 0. The SMILES string of the molecule is CC(C)=CC1Oc2cc(O)ccc2-c2oc3cc(O)cc(O)c3c(=O)c21. The second kappa shape index (κ2) is 5.56. The highest BCUT2D eigenvalue weighted by Gasteiger charge is 2.32. The minimum atomic E-state index is -0.724. The van der Waals surface area contributed by atoms with Gasteiger partial charge < -0.3 is 24.5 Å². The number of phenolic OH excluding ortho intramolecular Hbond substituents is 3. The van der Waals surface area contributed by atoms with Crippen LogP contribution in [-0.4, -0.2) is 15.3 Å². The van der Waals surface area contributed by atoms with E-state index in [4.69, 9.17) is 9.15 Å². The Morgan fingerprint density at radius 3 is 2.58 bits per heavy atom. The molecule has 0 saturated carbocycles. The van der Waals surface area contributed by atoms with Crippen LogP contribution in [0.5, 0.6) is 23.0 Å². The van der Waals surface area contributed by atoms with Gasteiger partial charge in [0.05, 0.1) is 11.1 Å². The lowest BCUT2D eigenvalue weighted by atomic mass is 9.95. The summed E-state index contributed by atoms with van der Waals surface area (Å²) in [5, 5.41) is 29.6. The average Bonchev–Trinajstić information content (AvgIpc) is 2.52. The van der Waals surface area contributed by atoms with Crippen molar-refractivity contribution in [3.8, 4) is 34.3 Å². The maximum atomic E-state index is 13.1. The largest absolute Gasteiger partial charge is 0.508 e. The maximum Gasteiger partial charge on any atom is 0.204 e. The molecular formula is C20H16O6. The van der Waals surface area contributed by atoms with Gasteiger partial charge in [-0.15, -0.1) is 0 Å². The molecule has 0 radical (unpaired) electrons. The second-order valence-electron chi connectivity index (χ2n) is 6.47. The minimum Gasteiger partial charge on any atom is -0.508 e. The Bertz CT molecular complexity index is 1140. The fourth-order valence-electron chi connectivity index (χ4n) is 3.17. The van der Waals surface area contributed by atoms with Gasteiger partial charge in [0.25, 0.3) is 0 Å². The van der Waals surface area contributed by atoms with Gasteiger partial charge in [0.2, 0.25) is 5.43 Å². The zero-order valence-electron chi connectivity index (χ0n) is 14.1. The molecular weight excluding hydrogens is 336 g/mol. The Labute approximate surface area is 148 Å². The molecule has 6 nitrogen and oxygen atoms in total. The van der Waals surface area contributed by atoms with Gasteiger partial charge in [-0.05, 0) is 32.1 Å².